The molecule has 5 nitrogen and oxygen atoms in total. The van der Waals surface area contributed by atoms with E-state index in [1.807, 2.05) is 0 Å². The average Bonchev–Trinajstić information content (AvgIpc) is 3.04. The summed E-state index contributed by atoms with van der Waals surface area (Å²) in [6.07, 6.45) is -1.07. The molecule has 1 aromatic carbocycles. The van der Waals surface area contributed by atoms with Gasteiger partial charge in [0, 0.05) is 12.2 Å². The SMILES string of the molecule is O=C(Nc1ncc(Cl)s1)N(CC(F)(F)F)c1ccccc1C1CCCCO1. The van der Waals surface area contributed by atoms with Gasteiger partial charge in [0.15, 0.2) is 5.13 Å². The van der Waals surface area contributed by atoms with Crippen molar-refractivity contribution >= 4 is 39.8 Å². The fourth-order valence-corrected chi connectivity index (χ4v) is 3.71. The number of nitrogens with one attached hydrogen (secondary N) is 1. The molecular formula is C17H17ClF3N3O2S. The van der Waals surface area contributed by atoms with Crippen LogP contribution in [0.1, 0.15) is 30.9 Å². The lowest BCUT2D eigenvalue weighted by atomic mass is 9.99. The number of hydrogen-bond donors (Lipinski definition) is 1. The number of alkyl halides is 3. The molecule has 27 heavy (non-hydrogen) atoms. The van der Waals surface area contributed by atoms with Crippen LogP contribution in [0.5, 0.6) is 0 Å². The molecule has 0 bridgehead atoms. The number of hydrogen-bond acceptors (Lipinski definition) is 4. The molecule has 0 saturated carbocycles. The summed E-state index contributed by atoms with van der Waals surface area (Å²) in [5.74, 6) is 0. The van der Waals surface area contributed by atoms with Crippen LogP contribution < -0.4 is 10.2 Å². The Kier molecular flexibility index (Phi) is 6.23. The van der Waals surface area contributed by atoms with Crippen molar-refractivity contribution in [1.82, 2.24) is 4.98 Å². The Morgan fingerprint density at radius 1 is 1.37 bits per heavy atom. The van der Waals surface area contributed by atoms with Gasteiger partial charge in [-0.05, 0) is 25.3 Å². The van der Waals surface area contributed by atoms with Gasteiger partial charge in [0.25, 0.3) is 0 Å². The first-order chi connectivity index (χ1) is 12.8. The third kappa shape index (κ3) is 5.33. The second kappa shape index (κ2) is 8.45. The summed E-state index contributed by atoms with van der Waals surface area (Å²) >= 11 is 6.74. The van der Waals surface area contributed by atoms with Crippen molar-refractivity contribution < 1.29 is 22.7 Å². The predicted molar refractivity (Wildman–Crippen MR) is 98.5 cm³/mol. The van der Waals surface area contributed by atoms with E-state index < -0.39 is 18.8 Å². The molecule has 3 rings (SSSR count). The largest absolute Gasteiger partial charge is 0.406 e. The molecule has 2 heterocycles. The monoisotopic (exact) mass is 419 g/mol. The molecule has 1 aliphatic rings. The van der Waals surface area contributed by atoms with Crippen LogP contribution in [-0.4, -0.2) is 30.3 Å². The van der Waals surface area contributed by atoms with Crippen LogP contribution in [0.25, 0.3) is 0 Å². The van der Waals surface area contributed by atoms with Crippen LogP contribution >= 0.6 is 22.9 Å². The second-order valence-corrected chi connectivity index (χ2v) is 7.68. The summed E-state index contributed by atoms with van der Waals surface area (Å²) in [6.45, 7) is -0.885. The number of urea groups is 1. The first kappa shape index (κ1) is 19.9. The van der Waals surface area contributed by atoms with Gasteiger partial charge in [-0.1, -0.05) is 41.1 Å². The Hall–Kier alpha value is -1.84. The maximum atomic E-state index is 13.2. The highest BCUT2D eigenvalue weighted by atomic mass is 35.5. The van der Waals surface area contributed by atoms with E-state index >= 15 is 0 Å². The highest BCUT2D eigenvalue weighted by molar-refractivity contribution is 7.19. The zero-order chi connectivity index (χ0) is 19.4. The minimum absolute atomic E-state index is 0.128. The van der Waals surface area contributed by atoms with Crippen molar-refractivity contribution in [2.75, 3.05) is 23.4 Å². The second-order valence-electron chi connectivity index (χ2n) is 6.02. The summed E-state index contributed by atoms with van der Waals surface area (Å²) in [5.41, 5.74) is 0.732. The molecule has 1 fully saturated rings. The number of anilines is 2. The summed E-state index contributed by atoms with van der Waals surface area (Å²) < 4.78 is 45.6. The summed E-state index contributed by atoms with van der Waals surface area (Å²) in [5, 5.41) is 2.51. The van der Waals surface area contributed by atoms with Crippen LogP contribution in [0.4, 0.5) is 28.8 Å². The van der Waals surface area contributed by atoms with Crippen LogP contribution in [0.3, 0.4) is 0 Å². The van der Waals surface area contributed by atoms with E-state index in [2.05, 4.69) is 10.3 Å². The Labute approximate surface area is 163 Å². The van der Waals surface area contributed by atoms with Gasteiger partial charge in [-0.15, -0.1) is 0 Å². The third-order valence-electron chi connectivity index (χ3n) is 4.03. The Balaban J connectivity index is 1.92. The number of aromatic nitrogens is 1. The first-order valence-corrected chi connectivity index (χ1v) is 9.50. The van der Waals surface area contributed by atoms with Gasteiger partial charge >= 0.3 is 12.2 Å². The molecule has 0 spiro atoms. The average molecular weight is 420 g/mol. The Bertz CT molecular complexity index is 794. The zero-order valence-corrected chi connectivity index (χ0v) is 15.7. The van der Waals surface area contributed by atoms with E-state index in [1.165, 1.54) is 12.3 Å². The van der Waals surface area contributed by atoms with E-state index in [-0.39, 0.29) is 16.9 Å². The normalized spacial score (nSPS) is 17.6. The molecule has 1 atom stereocenters. The van der Waals surface area contributed by atoms with Crippen molar-refractivity contribution in [2.24, 2.45) is 0 Å². The summed E-state index contributed by atoms with van der Waals surface area (Å²) in [6, 6.07) is 5.58. The third-order valence-corrected chi connectivity index (χ3v) is 5.06. The molecule has 1 N–H and O–H groups in total. The Morgan fingerprint density at radius 2 is 2.15 bits per heavy atom. The molecule has 0 radical (unpaired) electrons. The molecule has 10 heteroatoms. The fraction of sp³-hybridized carbons (Fsp3) is 0.412. The molecule has 2 aromatic rings. The van der Waals surface area contributed by atoms with Gasteiger partial charge in [0.05, 0.1) is 18.0 Å². The number of halogens is 4. The molecular weight excluding hydrogens is 403 g/mol. The highest BCUT2D eigenvalue weighted by Gasteiger charge is 2.36. The van der Waals surface area contributed by atoms with E-state index in [0.717, 1.165) is 24.2 Å². The van der Waals surface area contributed by atoms with Crippen molar-refractivity contribution in [2.45, 2.75) is 31.5 Å². The lowest BCUT2D eigenvalue weighted by molar-refractivity contribution is -0.118. The first-order valence-electron chi connectivity index (χ1n) is 8.30. The smallest absolute Gasteiger partial charge is 0.373 e. The number of carbonyl (C=O) groups is 1. The van der Waals surface area contributed by atoms with E-state index in [4.69, 9.17) is 16.3 Å². The quantitative estimate of drug-likeness (QED) is 0.697. The predicted octanol–water partition coefficient (Wildman–Crippen LogP) is 5.64. The van der Waals surface area contributed by atoms with Gasteiger partial charge in [-0.3, -0.25) is 10.2 Å². The maximum Gasteiger partial charge on any atom is 0.406 e. The van der Waals surface area contributed by atoms with Gasteiger partial charge in [-0.2, -0.15) is 13.2 Å². The zero-order valence-electron chi connectivity index (χ0n) is 14.1. The van der Waals surface area contributed by atoms with Gasteiger partial charge in [-0.25, -0.2) is 9.78 Å². The van der Waals surface area contributed by atoms with Crippen LogP contribution in [-0.2, 0) is 4.74 Å². The number of carbonyl (C=O) groups excluding carboxylic acids is 1. The van der Waals surface area contributed by atoms with E-state index in [1.54, 1.807) is 18.2 Å². The number of amides is 2. The lowest BCUT2D eigenvalue weighted by Crippen LogP contribution is -2.42. The van der Waals surface area contributed by atoms with Crippen LogP contribution in [0.15, 0.2) is 30.5 Å². The number of thiazole rings is 1. The fourth-order valence-electron chi connectivity index (χ4n) is 2.91. The van der Waals surface area contributed by atoms with E-state index in [9.17, 15) is 18.0 Å². The number of benzene rings is 1. The molecule has 1 unspecified atom stereocenters. The van der Waals surface area contributed by atoms with Gasteiger partial charge in [0.2, 0.25) is 0 Å². The molecule has 1 saturated heterocycles. The van der Waals surface area contributed by atoms with Crippen LogP contribution in [0.2, 0.25) is 4.34 Å². The minimum Gasteiger partial charge on any atom is -0.373 e. The van der Waals surface area contributed by atoms with Gasteiger partial charge in [0.1, 0.15) is 10.9 Å². The minimum atomic E-state index is -4.57. The molecule has 1 aliphatic heterocycles. The van der Waals surface area contributed by atoms with Crippen molar-refractivity contribution in [3.8, 4) is 0 Å². The van der Waals surface area contributed by atoms with Crippen molar-refractivity contribution in [3.05, 3.63) is 40.4 Å². The maximum absolute atomic E-state index is 13.2. The summed E-state index contributed by atoms with van der Waals surface area (Å²) in [7, 11) is 0. The topological polar surface area (TPSA) is 54.5 Å². The molecule has 0 aliphatic carbocycles. The molecule has 146 valence electrons. The standard InChI is InChI=1S/C17H17ClF3N3O2S/c18-14-9-22-15(27-14)23-16(25)24(10-17(19,20)21)12-6-2-1-5-11(12)13-7-3-4-8-26-13/h1-2,5-6,9,13H,3-4,7-8,10H2,(H,22,23,25). The lowest BCUT2D eigenvalue weighted by Gasteiger charge is -2.30. The highest BCUT2D eigenvalue weighted by Crippen LogP contribution is 2.36. The molecule has 1 aromatic heterocycles. The molecule has 2 amide bonds. The van der Waals surface area contributed by atoms with Crippen molar-refractivity contribution in [1.29, 1.82) is 0 Å². The Morgan fingerprint density at radius 3 is 2.78 bits per heavy atom. The van der Waals surface area contributed by atoms with E-state index in [0.29, 0.717) is 27.8 Å². The summed E-state index contributed by atoms with van der Waals surface area (Å²) in [4.78, 5) is 17.2. The van der Waals surface area contributed by atoms with Crippen LogP contribution in [0, 0.1) is 0 Å². The number of para-hydroxylation sites is 1. The number of rotatable bonds is 4. The number of nitrogens with zero attached hydrogens (tertiary/aromatic N) is 2. The number of ether oxygens (including phenoxy) is 1. The van der Waals surface area contributed by atoms with Gasteiger partial charge < -0.3 is 4.74 Å². The van der Waals surface area contributed by atoms with Crippen molar-refractivity contribution in [3.63, 3.8) is 0 Å².